The normalized spacial score (nSPS) is 9.80. The maximum absolute atomic E-state index is 10.6. The maximum atomic E-state index is 10.6. The number of benzene rings is 1. The van der Waals surface area contributed by atoms with Crippen LogP contribution < -0.4 is 4.74 Å². The second-order valence-electron chi connectivity index (χ2n) is 2.33. The zero-order valence-corrected chi connectivity index (χ0v) is 9.97. The lowest BCUT2D eigenvalue weighted by Gasteiger charge is -2.04. The number of nitrogens with zero attached hydrogens (tertiary/aromatic N) is 1. The van der Waals surface area contributed by atoms with Crippen LogP contribution in [0, 0.1) is 10.1 Å². The molecule has 0 radical (unpaired) electrons. The standard InChI is InChI=1S/C7H2BrCl2NO4/c8-4-1-3(9)2-5(11(13)14)6(4)15-7(10)12/h1-2H. The smallest absolute Gasteiger partial charge is 0.406 e. The van der Waals surface area contributed by atoms with Gasteiger partial charge in [0.1, 0.15) is 0 Å². The Hall–Kier alpha value is -0.850. The van der Waals surface area contributed by atoms with Crippen LogP contribution in [-0.4, -0.2) is 10.4 Å². The van der Waals surface area contributed by atoms with Crippen LogP contribution in [0.5, 0.6) is 5.75 Å². The second-order valence-corrected chi connectivity index (χ2v) is 3.93. The Morgan fingerprint density at radius 1 is 1.53 bits per heavy atom. The molecule has 15 heavy (non-hydrogen) atoms. The van der Waals surface area contributed by atoms with Crippen LogP contribution in [-0.2, 0) is 0 Å². The fourth-order valence-corrected chi connectivity index (χ4v) is 1.82. The molecule has 0 bridgehead atoms. The van der Waals surface area contributed by atoms with Crippen molar-refractivity contribution in [2.45, 2.75) is 0 Å². The quantitative estimate of drug-likeness (QED) is 0.473. The predicted octanol–water partition coefficient (Wildman–Crippen LogP) is 3.75. The van der Waals surface area contributed by atoms with Crippen molar-refractivity contribution < 1.29 is 14.5 Å². The molecule has 0 atom stereocenters. The third-order valence-corrected chi connectivity index (χ3v) is 2.25. The number of carbonyl (C=O) groups is 1. The van der Waals surface area contributed by atoms with Crippen molar-refractivity contribution in [1.82, 2.24) is 0 Å². The zero-order valence-electron chi connectivity index (χ0n) is 6.87. The van der Waals surface area contributed by atoms with Gasteiger partial charge in [0, 0.05) is 22.7 Å². The van der Waals surface area contributed by atoms with E-state index in [2.05, 4.69) is 20.7 Å². The average molecular weight is 315 g/mol. The molecule has 0 saturated carbocycles. The number of halogens is 3. The van der Waals surface area contributed by atoms with Crippen molar-refractivity contribution in [3.05, 3.63) is 31.7 Å². The lowest BCUT2D eigenvalue weighted by Crippen LogP contribution is -2.01. The van der Waals surface area contributed by atoms with Gasteiger partial charge in [-0.2, -0.15) is 0 Å². The van der Waals surface area contributed by atoms with Crippen LogP contribution >= 0.6 is 39.1 Å². The Balaban J connectivity index is 3.33. The molecule has 0 N–H and O–H groups in total. The van der Waals surface area contributed by atoms with Gasteiger partial charge in [0.15, 0.2) is 0 Å². The Bertz CT molecular complexity index is 437. The van der Waals surface area contributed by atoms with E-state index in [1.54, 1.807) is 0 Å². The molecule has 0 heterocycles. The fraction of sp³-hybridized carbons (Fsp3) is 0. The largest absolute Gasteiger partial charge is 0.409 e. The summed E-state index contributed by atoms with van der Waals surface area (Å²) in [6, 6.07) is 2.41. The monoisotopic (exact) mass is 313 g/mol. The van der Waals surface area contributed by atoms with Crippen LogP contribution in [0.3, 0.4) is 0 Å². The molecule has 5 nitrogen and oxygen atoms in total. The molecule has 0 aliphatic rings. The third-order valence-electron chi connectivity index (χ3n) is 1.37. The van der Waals surface area contributed by atoms with Gasteiger partial charge in [-0.05, 0) is 22.0 Å². The van der Waals surface area contributed by atoms with Gasteiger partial charge < -0.3 is 4.74 Å². The predicted molar refractivity (Wildman–Crippen MR) is 57.7 cm³/mol. The van der Waals surface area contributed by atoms with Gasteiger partial charge in [-0.25, -0.2) is 4.79 Å². The maximum Gasteiger partial charge on any atom is 0.409 e. The van der Waals surface area contributed by atoms with Crippen molar-refractivity contribution >= 4 is 50.2 Å². The molecule has 80 valence electrons. The first-order chi connectivity index (χ1) is 6.91. The van der Waals surface area contributed by atoms with E-state index in [0.29, 0.717) is 0 Å². The molecular weight excluding hydrogens is 313 g/mol. The van der Waals surface area contributed by atoms with E-state index in [9.17, 15) is 14.9 Å². The Labute approximate surface area is 102 Å². The van der Waals surface area contributed by atoms with Gasteiger partial charge >= 0.3 is 11.1 Å². The van der Waals surface area contributed by atoms with E-state index in [-0.39, 0.29) is 15.2 Å². The Kier molecular flexibility index (Phi) is 3.90. The van der Waals surface area contributed by atoms with Crippen molar-refractivity contribution in [2.24, 2.45) is 0 Å². The topological polar surface area (TPSA) is 69.4 Å². The SMILES string of the molecule is O=C(Cl)Oc1c(Br)cc(Cl)cc1[N+](=O)[O-]. The van der Waals surface area contributed by atoms with Crippen molar-refractivity contribution in [1.29, 1.82) is 0 Å². The highest BCUT2D eigenvalue weighted by atomic mass is 79.9. The fourth-order valence-electron chi connectivity index (χ4n) is 0.864. The average Bonchev–Trinajstić information content (AvgIpc) is 2.08. The van der Waals surface area contributed by atoms with Crippen molar-refractivity contribution in [3.63, 3.8) is 0 Å². The van der Waals surface area contributed by atoms with Gasteiger partial charge in [0.2, 0.25) is 5.75 Å². The summed E-state index contributed by atoms with van der Waals surface area (Å²) in [5.41, 5.74) is -1.61. The third kappa shape index (κ3) is 3.05. The summed E-state index contributed by atoms with van der Waals surface area (Å²) in [7, 11) is 0. The minimum absolute atomic E-state index is 0.142. The zero-order chi connectivity index (χ0) is 11.6. The van der Waals surface area contributed by atoms with E-state index >= 15 is 0 Å². The number of rotatable bonds is 2. The summed E-state index contributed by atoms with van der Waals surface area (Å²) in [4.78, 5) is 20.4. The van der Waals surface area contributed by atoms with Gasteiger partial charge in [0.25, 0.3) is 0 Å². The van der Waals surface area contributed by atoms with Crippen LogP contribution in [0.1, 0.15) is 0 Å². The Morgan fingerprint density at radius 2 is 2.13 bits per heavy atom. The van der Waals surface area contributed by atoms with Crippen molar-refractivity contribution in [3.8, 4) is 5.75 Å². The van der Waals surface area contributed by atoms with Crippen molar-refractivity contribution in [2.75, 3.05) is 0 Å². The first-order valence-corrected chi connectivity index (χ1v) is 4.97. The number of nitro benzene ring substituents is 1. The minimum Gasteiger partial charge on any atom is -0.406 e. The highest BCUT2D eigenvalue weighted by molar-refractivity contribution is 9.10. The van der Waals surface area contributed by atoms with Gasteiger partial charge in [-0.15, -0.1) is 0 Å². The molecular formula is C7H2BrCl2NO4. The molecule has 1 aromatic carbocycles. The molecule has 0 saturated heterocycles. The Morgan fingerprint density at radius 3 is 2.60 bits per heavy atom. The second kappa shape index (κ2) is 4.78. The van der Waals surface area contributed by atoms with Crippen LogP contribution in [0.25, 0.3) is 0 Å². The highest BCUT2D eigenvalue weighted by Gasteiger charge is 2.21. The van der Waals surface area contributed by atoms with E-state index in [1.165, 1.54) is 6.07 Å². The van der Waals surface area contributed by atoms with Gasteiger partial charge in [0.05, 0.1) is 9.40 Å². The molecule has 0 aliphatic heterocycles. The number of carbonyl (C=O) groups excluding carboxylic acids is 1. The number of ether oxygens (including phenoxy) is 1. The van der Waals surface area contributed by atoms with E-state index in [0.717, 1.165) is 6.07 Å². The minimum atomic E-state index is -1.17. The van der Waals surface area contributed by atoms with E-state index < -0.39 is 16.0 Å². The highest BCUT2D eigenvalue weighted by Crippen LogP contribution is 2.38. The van der Waals surface area contributed by atoms with Gasteiger partial charge in [-0.3, -0.25) is 10.1 Å². The summed E-state index contributed by atoms with van der Waals surface area (Å²) in [6.45, 7) is 0. The molecule has 0 unspecified atom stereocenters. The van der Waals surface area contributed by atoms with Gasteiger partial charge in [-0.1, -0.05) is 11.6 Å². The van der Waals surface area contributed by atoms with E-state index in [4.69, 9.17) is 23.2 Å². The summed E-state index contributed by atoms with van der Waals surface area (Å²) < 4.78 is 4.65. The number of hydrogen-bond acceptors (Lipinski definition) is 4. The van der Waals surface area contributed by atoms with Crippen LogP contribution in [0.4, 0.5) is 10.5 Å². The summed E-state index contributed by atoms with van der Waals surface area (Å²) in [6.07, 6.45) is 0. The summed E-state index contributed by atoms with van der Waals surface area (Å²) in [5, 5.41) is 10.7. The molecule has 0 aliphatic carbocycles. The number of nitro groups is 1. The summed E-state index contributed by atoms with van der Waals surface area (Å²) >= 11 is 13.5. The molecule has 0 amide bonds. The lowest BCUT2D eigenvalue weighted by atomic mass is 10.3. The lowest BCUT2D eigenvalue weighted by molar-refractivity contribution is -0.385. The molecule has 0 aromatic heterocycles. The molecule has 0 fully saturated rings. The first kappa shape index (κ1) is 12.2. The molecule has 1 rings (SSSR count). The van der Waals surface area contributed by atoms with Crippen LogP contribution in [0.15, 0.2) is 16.6 Å². The first-order valence-electron chi connectivity index (χ1n) is 3.42. The molecule has 1 aromatic rings. The number of hydrogen-bond donors (Lipinski definition) is 0. The molecule has 0 spiro atoms. The van der Waals surface area contributed by atoms with E-state index in [1.807, 2.05) is 0 Å². The molecule has 8 heteroatoms. The summed E-state index contributed by atoms with van der Waals surface area (Å²) in [5.74, 6) is -0.274. The van der Waals surface area contributed by atoms with Crippen LogP contribution in [0.2, 0.25) is 5.02 Å².